The van der Waals surface area contributed by atoms with Gasteiger partial charge in [-0.2, -0.15) is 0 Å². The number of nitrogens with two attached hydrogens (primary N) is 1. The van der Waals surface area contributed by atoms with E-state index in [1.54, 1.807) is 12.3 Å². The molecule has 2 N–H and O–H groups in total. The number of hydrogen-bond donors (Lipinski definition) is 1. The zero-order valence-electron chi connectivity index (χ0n) is 7.11. The molecule has 5 heteroatoms. The molecule has 0 saturated carbocycles. The molecular weight excluding hydrogens is 264 g/mol. The maximum absolute atomic E-state index is 5.71. The van der Waals surface area contributed by atoms with Gasteiger partial charge in [0.15, 0.2) is 0 Å². The number of hydrogen-bond acceptors (Lipinski definition) is 4. The van der Waals surface area contributed by atoms with Crippen LogP contribution in [0, 0.1) is 0 Å². The smallest absolute Gasteiger partial charge is 0.278 e. The molecule has 0 amide bonds. The van der Waals surface area contributed by atoms with Crippen molar-refractivity contribution >= 4 is 33.0 Å². The second-order valence-electron chi connectivity index (χ2n) is 2.56. The first-order chi connectivity index (χ1) is 6.77. The van der Waals surface area contributed by atoms with Crippen LogP contribution in [0.4, 0.5) is 5.69 Å². The van der Waals surface area contributed by atoms with Crippen molar-refractivity contribution in [2.75, 3.05) is 5.73 Å². The summed E-state index contributed by atoms with van der Waals surface area (Å²) in [7, 11) is 0. The summed E-state index contributed by atoms with van der Waals surface area (Å²) in [6.45, 7) is 0. The van der Waals surface area contributed by atoms with E-state index >= 15 is 0 Å². The number of aromatic nitrogens is 1. The van der Waals surface area contributed by atoms with E-state index in [0.29, 0.717) is 16.6 Å². The van der Waals surface area contributed by atoms with Crippen LogP contribution in [0.3, 0.4) is 0 Å². The Morgan fingerprint density at radius 3 is 3.00 bits per heavy atom. The maximum atomic E-state index is 5.71. The van der Waals surface area contributed by atoms with E-state index in [0.717, 1.165) is 4.47 Å². The third kappa shape index (κ3) is 1.88. The third-order valence-electron chi connectivity index (χ3n) is 1.60. The zero-order chi connectivity index (χ0) is 9.97. The Labute approximate surface area is 93.7 Å². The summed E-state index contributed by atoms with van der Waals surface area (Å²) >= 11 is 4.79. The van der Waals surface area contributed by atoms with Gasteiger partial charge in [-0.05, 0) is 28.1 Å². The molecule has 0 aliphatic heterocycles. The number of anilines is 1. The van der Waals surface area contributed by atoms with Crippen molar-refractivity contribution in [3.8, 4) is 10.9 Å². The molecule has 0 bridgehead atoms. The molecule has 14 heavy (non-hydrogen) atoms. The highest BCUT2D eigenvalue weighted by molar-refractivity contribution is 9.10. The van der Waals surface area contributed by atoms with Crippen LogP contribution in [0.5, 0.6) is 10.9 Å². The summed E-state index contributed by atoms with van der Waals surface area (Å²) in [5.74, 6) is 0.681. The summed E-state index contributed by atoms with van der Waals surface area (Å²) in [4.78, 5) is 4.02. The van der Waals surface area contributed by atoms with Crippen LogP contribution in [0.2, 0.25) is 0 Å². The second kappa shape index (κ2) is 3.98. The Balaban J connectivity index is 2.29. The number of nitrogens with zero attached hydrogens (tertiary/aromatic N) is 1. The first-order valence-electron chi connectivity index (χ1n) is 3.88. The second-order valence-corrected chi connectivity index (χ2v) is 4.21. The van der Waals surface area contributed by atoms with Crippen molar-refractivity contribution in [2.45, 2.75) is 0 Å². The molecule has 0 unspecified atom stereocenters. The monoisotopic (exact) mass is 270 g/mol. The van der Waals surface area contributed by atoms with Crippen molar-refractivity contribution in [1.29, 1.82) is 0 Å². The summed E-state index contributed by atoms with van der Waals surface area (Å²) in [6, 6.07) is 5.48. The van der Waals surface area contributed by atoms with E-state index in [1.807, 2.05) is 17.5 Å². The molecule has 1 heterocycles. The van der Waals surface area contributed by atoms with Gasteiger partial charge in [-0.25, -0.2) is 4.98 Å². The number of rotatable bonds is 2. The van der Waals surface area contributed by atoms with E-state index < -0.39 is 0 Å². The van der Waals surface area contributed by atoms with Crippen molar-refractivity contribution in [2.24, 2.45) is 0 Å². The highest BCUT2D eigenvalue weighted by Crippen LogP contribution is 2.34. The Hall–Kier alpha value is -1.07. The standard InChI is InChI=1S/C9H7BrN2OS/c10-8-6(11)2-1-3-7(8)13-9-12-4-5-14-9/h1-5H,11H2. The predicted molar refractivity (Wildman–Crippen MR) is 60.7 cm³/mol. The Kier molecular flexibility index (Phi) is 2.69. The number of benzene rings is 1. The van der Waals surface area contributed by atoms with E-state index in [4.69, 9.17) is 10.5 Å². The minimum atomic E-state index is 0.608. The molecule has 0 atom stereocenters. The molecule has 2 rings (SSSR count). The van der Waals surface area contributed by atoms with Gasteiger partial charge in [-0.1, -0.05) is 17.4 Å². The van der Waals surface area contributed by atoms with E-state index in [1.165, 1.54) is 11.3 Å². The van der Waals surface area contributed by atoms with E-state index in [9.17, 15) is 0 Å². The molecule has 0 spiro atoms. The van der Waals surface area contributed by atoms with Gasteiger partial charge < -0.3 is 10.5 Å². The van der Waals surface area contributed by atoms with Crippen LogP contribution < -0.4 is 10.5 Å². The van der Waals surface area contributed by atoms with Crippen LogP contribution in [-0.4, -0.2) is 4.98 Å². The molecule has 1 aromatic heterocycles. The molecule has 2 aromatic rings. The van der Waals surface area contributed by atoms with Gasteiger partial charge in [-0.3, -0.25) is 0 Å². The molecule has 0 saturated heterocycles. The number of ether oxygens (including phenoxy) is 1. The normalized spacial score (nSPS) is 10.1. The van der Waals surface area contributed by atoms with Gasteiger partial charge in [0.05, 0.1) is 4.47 Å². The van der Waals surface area contributed by atoms with Crippen molar-refractivity contribution in [3.05, 3.63) is 34.2 Å². The molecule has 1 aromatic carbocycles. The van der Waals surface area contributed by atoms with Gasteiger partial charge in [-0.15, -0.1) is 0 Å². The molecule has 72 valence electrons. The summed E-state index contributed by atoms with van der Waals surface area (Å²) in [5.41, 5.74) is 6.36. The minimum absolute atomic E-state index is 0.608. The average Bonchev–Trinajstić information content (AvgIpc) is 2.66. The fourth-order valence-corrected chi connectivity index (χ4v) is 1.80. The van der Waals surface area contributed by atoms with Gasteiger partial charge in [0, 0.05) is 17.3 Å². The lowest BCUT2D eigenvalue weighted by atomic mass is 10.3. The van der Waals surface area contributed by atoms with Crippen LogP contribution in [0.1, 0.15) is 0 Å². The van der Waals surface area contributed by atoms with Gasteiger partial charge in [0.2, 0.25) is 0 Å². The van der Waals surface area contributed by atoms with Crippen LogP contribution in [0.15, 0.2) is 34.2 Å². The van der Waals surface area contributed by atoms with Gasteiger partial charge in [0.25, 0.3) is 5.19 Å². The van der Waals surface area contributed by atoms with Gasteiger partial charge >= 0.3 is 0 Å². The predicted octanol–water partition coefficient (Wildman–Crippen LogP) is 3.28. The molecular formula is C9H7BrN2OS. The molecule has 0 radical (unpaired) electrons. The molecule has 0 aliphatic rings. The van der Waals surface area contributed by atoms with Crippen LogP contribution in [0.25, 0.3) is 0 Å². The first-order valence-corrected chi connectivity index (χ1v) is 5.56. The SMILES string of the molecule is Nc1cccc(Oc2nccs2)c1Br. The van der Waals surface area contributed by atoms with Crippen molar-refractivity contribution < 1.29 is 4.74 Å². The van der Waals surface area contributed by atoms with Crippen LogP contribution >= 0.6 is 27.3 Å². The quantitative estimate of drug-likeness (QED) is 0.853. The van der Waals surface area contributed by atoms with E-state index in [2.05, 4.69) is 20.9 Å². The highest BCUT2D eigenvalue weighted by Gasteiger charge is 2.06. The highest BCUT2D eigenvalue weighted by atomic mass is 79.9. The van der Waals surface area contributed by atoms with Crippen molar-refractivity contribution in [1.82, 2.24) is 4.98 Å². The Bertz CT molecular complexity index is 430. The number of thiazole rings is 1. The van der Waals surface area contributed by atoms with Gasteiger partial charge in [0.1, 0.15) is 5.75 Å². The lowest BCUT2D eigenvalue weighted by molar-refractivity contribution is 0.476. The molecule has 0 aliphatic carbocycles. The van der Waals surface area contributed by atoms with E-state index in [-0.39, 0.29) is 0 Å². The lowest BCUT2D eigenvalue weighted by Crippen LogP contribution is -1.89. The van der Waals surface area contributed by atoms with Crippen LogP contribution in [-0.2, 0) is 0 Å². The third-order valence-corrected chi connectivity index (χ3v) is 3.10. The Morgan fingerprint density at radius 1 is 1.43 bits per heavy atom. The Morgan fingerprint density at radius 2 is 2.29 bits per heavy atom. The van der Waals surface area contributed by atoms with Crippen molar-refractivity contribution in [3.63, 3.8) is 0 Å². The minimum Gasteiger partial charge on any atom is -0.430 e. The number of halogens is 1. The molecule has 0 fully saturated rings. The maximum Gasteiger partial charge on any atom is 0.278 e. The topological polar surface area (TPSA) is 48.1 Å². The largest absolute Gasteiger partial charge is 0.430 e. The summed E-state index contributed by atoms with van der Waals surface area (Å²) in [6.07, 6.45) is 1.69. The number of nitrogen functional groups attached to an aromatic ring is 1. The average molecular weight is 271 g/mol. The lowest BCUT2D eigenvalue weighted by Gasteiger charge is -2.05. The first kappa shape index (κ1) is 9.48. The summed E-state index contributed by atoms with van der Waals surface area (Å²) < 4.78 is 6.27. The summed E-state index contributed by atoms with van der Waals surface area (Å²) in [5, 5.41) is 2.46. The zero-order valence-corrected chi connectivity index (χ0v) is 9.51. The molecule has 3 nitrogen and oxygen atoms in total. The fourth-order valence-electron chi connectivity index (χ4n) is 0.961. The fraction of sp³-hybridized carbons (Fsp3) is 0.